The number of aliphatic hydroxyl groups excluding tert-OH is 1. The summed E-state index contributed by atoms with van der Waals surface area (Å²) < 4.78 is 4.32. The highest BCUT2D eigenvalue weighted by molar-refractivity contribution is 5.73. The molecule has 0 radical (unpaired) electrons. The third-order valence-corrected chi connectivity index (χ3v) is 1.41. The van der Waals surface area contributed by atoms with Gasteiger partial charge in [0.25, 0.3) is 0 Å². The smallest absolute Gasteiger partial charge is 0.309 e. The van der Waals surface area contributed by atoms with Crippen molar-refractivity contribution in [3.63, 3.8) is 0 Å². The fourth-order valence-corrected chi connectivity index (χ4v) is 0.723. The number of rotatable bonds is 1. The Morgan fingerprint density at radius 2 is 2.20 bits per heavy atom. The van der Waals surface area contributed by atoms with Gasteiger partial charge in [0.2, 0.25) is 0 Å². The molecule has 1 aliphatic heterocycles. The predicted octanol–water partition coefficient (Wildman–Crippen LogP) is -2.02. The maximum absolute atomic E-state index is 10.4. The predicted molar refractivity (Wildman–Crippen MR) is 28.8 cm³/mol. The van der Waals surface area contributed by atoms with Crippen LogP contribution in [0.15, 0.2) is 0 Å². The van der Waals surface area contributed by atoms with Crippen LogP contribution in [0.2, 0.25) is 0 Å². The van der Waals surface area contributed by atoms with Gasteiger partial charge >= 0.3 is 5.97 Å². The Morgan fingerprint density at radius 3 is 2.40 bits per heavy atom. The molecule has 0 spiro atoms. The summed E-state index contributed by atoms with van der Waals surface area (Å²) in [5, 5.41) is 26.1. The molecule has 1 atom stereocenters. The lowest BCUT2D eigenvalue weighted by Crippen LogP contribution is -2.42. The van der Waals surface area contributed by atoms with Crippen LogP contribution in [0.3, 0.4) is 0 Å². The minimum absolute atomic E-state index is 0.344. The number of hydrogen-bond acceptors (Lipinski definition) is 5. The Morgan fingerprint density at radius 1 is 1.60 bits per heavy atom. The Hall–Kier alpha value is -0.650. The molecule has 10 heavy (non-hydrogen) atoms. The summed E-state index contributed by atoms with van der Waals surface area (Å²) in [6.45, 7) is -0.344. The van der Waals surface area contributed by atoms with Crippen LogP contribution in [0.4, 0.5) is 0 Å². The van der Waals surface area contributed by atoms with E-state index in [2.05, 4.69) is 4.74 Å². The minimum Gasteiger partial charge on any atom is -0.462 e. The molecular weight excluding hydrogens is 140 g/mol. The number of cyclic esters (lactones) is 1. The SMILES string of the molecule is O=C1CC(O)(C(O)O)CO1. The summed E-state index contributed by atoms with van der Waals surface area (Å²) in [6, 6.07) is 0. The van der Waals surface area contributed by atoms with Gasteiger partial charge in [-0.15, -0.1) is 0 Å². The van der Waals surface area contributed by atoms with Gasteiger partial charge in [-0.1, -0.05) is 0 Å². The fraction of sp³-hybridized carbons (Fsp3) is 0.800. The monoisotopic (exact) mass is 148 g/mol. The molecule has 1 heterocycles. The second-order valence-electron chi connectivity index (χ2n) is 2.31. The summed E-state index contributed by atoms with van der Waals surface area (Å²) in [4.78, 5) is 10.4. The highest BCUT2D eigenvalue weighted by atomic mass is 16.6. The van der Waals surface area contributed by atoms with Crippen molar-refractivity contribution >= 4 is 5.97 Å². The molecule has 0 amide bonds. The van der Waals surface area contributed by atoms with Crippen LogP contribution in [0, 0.1) is 0 Å². The van der Waals surface area contributed by atoms with Crippen molar-refractivity contribution in [1.29, 1.82) is 0 Å². The molecule has 0 aromatic carbocycles. The third kappa shape index (κ3) is 1.11. The molecule has 5 heteroatoms. The normalized spacial score (nSPS) is 33.0. The zero-order valence-corrected chi connectivity index (χ0v) is 5.15. The molecule has 0 aromatic heterocycles. The van der Waals surface area contributed by atoms with E-state index < -0.39 is 17.9 Å². The molecule has 0 saturated carbocycles. The van der Waals surface area contributed by atoms with E-state index >= 15 is 0 Å². The van der Waals surface area contributed by atoms with Gasteiger partial charge in [0.1, 0.15) is 6.61 Å². The topological polar surface area (TPSA) is 87.0 Å². The van der Waals surface area contributed by atoms with Gasteiger partial charge in [-0.2, -0.15) is 0 Å². The highest BCUT2D eigenvalue weighted by Crippen LogP contribution is 2.21. The number of hydrogen-bond donors (Lipinski definition) is 3. The average Bonchev–Trinajstić information content (AvgIpc) is 2.13. The van der Waals surface area contributed by atoms with E-state index in [9.17, 15) is 4.79 Å². The van der Waals surface area contributed by atoms with Crippen molar-refractivity contribution in [2.75, 3.05) is 6.61 Å². The zero-order chi connectivity index (χ0) is 7.78. The van der Waals surface area contributed by atoms with E-state index in [4.69, 9.17) is 15.3 Å². The second kappa shape index (κ2) is 2.19. The Labute approximate surface area is 56.9 Å². The molecule has 5 nitrogen and oxygen atoms in total. The molecule has 1 fully saturated rings. The van der Waals surface area contributed by atoms with E-state index in [0.717, 1.165) is 0 Å². The van der Waals surface area contributed by atoms with Crippen LogP contribution >= 0.6 is 0 Å². The number of esters is 1. The van der Waals surface area contributed by atoms with Gasteiger partial charge < -0.3 is 20.1 Å². The summed E-state index contributed by atoms with van der Waals surface area (Å²) in [5.74, 6) is -0.615. The largest absolute Gasteiger partial charge is 0.462 e. The van der Waals surface area contributed by atoms with Gasteiger partial charge in [-0.05, 0) is 0 Å². The maximum atomic E-state index is 10.4. The van der Waals surface area contributed by atoms with Crippen molar-refractivity contribution in [3.8, 4) is 0 Å². The Bertz CT molecular complexity index is 154. The molecule has 1 aliphatic rings. The van der Waals surface area contributed by atoms with Gasteiger partial charge in [0.05, 0.1) is 6.42 Å². The Kier molecular flexibility index (Phi) is 1.63. The highest BCUT2D eigenvalue weighted by Gasteiger charge is 2.44. The molecule has 0 aliphatic carbocycles. The van der Waals surface area contributed by atoms with Gasteiger partial charge in [-0.3, -0.25) is 4.79 Å². The number of carbonyl (C=O) groups is 1. The third-order valence-electron chi connectivity index (χ3n) is 1.41. The van der Waals surface area contributed by atoms with Crippen LogP contribution in [0.5, 0.6) is 0 Å². The van der Waals surface area contributed by atoms with Crippen molar-refractivity contribution in [2.24, 2.45) is 0 Å². The van der Waals surface area contributed by atoms with E-state index in [1.165, 1.54) is 0 Å². The number of aliphatic hydroxyl groups is 3. The molecule has 0 bridgehead atoms. The lowest BCUT2D eigenvalue weighted by atomic mass is 10.0. The summed E-state index contributed by atoms with van der Waals surface area (Å²) in [6.07, 6.45) is -2.27. The van der Waals surface area contributed by atoms with Crippen LogP contribution in [0.1, 0.15) is 6.42 Å². The lowest BCUT2D eigenvalue weighted by molar-refractivity contribution is -0.181. The second-order valence-corrected chi connectivity index (χ2v) is 2.31. The molecular formula is C5H8O5. The zero-order valence-electron chi connectivity index (χ0n) is 5.15. The van der Waals surface area contributed by atoms with Crippen molar-refractivity contribution in [1.82, 2.24) is 0 Å². The maximum Gasteiger partial charge on any atom is 0.309 e. The first kappa shape index (κ1) is 7.46. The van der Waals surface area contributed by atoms with E-state index in [1.54, 1.807) is 0 Å². The summed E-state index contributed by atoms with van der Waals surface area (Å²) in [5.41, 5.74) is -1.79. The van der Waals surface area contributed by atoms with E-state index in [-0.39, 0.29) is 13.0 Å². The minimum atomic E-state index is -1.92. The van der Waals surface area contributed by atoms with Crippen LogP contribution in [0.25, 0.3) is 0 Å². The first-order chi connectivity index (χ1) is 4.54. The molecule has 1 saturated heterocycles. The summed E-state index contributed by atoms with van der Waals surface area (Å²) in [7, 11) is 0. The van der Waals surface area contributed by atoms with Crippen LogP contribution in [-0.2, 0) is 9.53 Å². The van der Waals surface area contributed by atoms with Gasteiger partial charge in [0.15, 0.2) is 11.9 Å². The van der Waals surface area contributed by atoms with Crippen molar-refractivity contribution in [2.45, 2.75) is 18.3 Å². The summed E-state index contributed by atoms with van der Waals surface area (Å²) >= 11 is 0. The molecule has 0 aromatic rings. The van der Waals surface area contributed by atoms with Crippen molar-refractivity contribution < 1.29 is 24.9 Å². The quantitative estimate of drug-likeness (QED) is 0.295. The van der Waals surface area contributed by atoms with E-state index in [1.807, 2.05) is 0 Å². The van der Waals surface area contributed by atoms with E-state index in [0.29, 0.717) is 0 Å². The number of carbonyl (C=O) groups excluding carboxylic acids is 1. The molecule has 3 N–H and O–H groups in total. The van der Waals surface area contributed by atoms with Gasteiger partial charge in [0, 0.05) is 0 Å². The standard InChI is InChI=1S/C5H8O5/c6-3-1-5(9,2-10-3)4(7)8/h4,7-9H,1-2H2. The Balaban J connectivity index is 2.63. The van der Waals surface area contributed by atoms with Crippen molar-refractivity contribution in [3.05, 3.63) is 0 Å². The number of ether oxygens (including phenoxy) is 1. The first-order valence-corrected chi connectivity index (χ1v) is 2.79. The van der Waals surface area contributed by atoms with Crippen LogP contribution < -0.4 is 0 Å². The molecule has 1 rings (SSSR count). The van der Waals surface area contributed by atoms with Crippen LogP contribution in [-0.4, -0.2) is 39.8 Å². The molecule has 1 unspecified atom stereocenters. The molecule has 58 valence electrons. The first-order valence-electron chi connectivity index (χ1n) is 2.79. The van der Waals surface area contributed by atoms with Gasteiger partial charge in [-0.25, -0.2) is 0 Å². The fourth-order valence-electron chi connectivity index (χ4n) is 0.723. The average molecular weight is 148 g/mol. The lowest BCUT2D eigenvalue weighted by Gasteiger charge is -2.19.